The van der Waals surface area contributed by atoms with Crippen molar-refractivity contribution in [3.05, 3.63) is 0 Å². The standard InChI is InChI=1S/C24H36N4O5/c1-11(2)17(27-21(31)13-7-8-13)23(33)28-10-14-16(24(14,3)4)18(28)22(32)26-15(9-12-5-6-12)19(29)20(25)30/h11-18H,5-10H2,1-4H3,(H2,25,30)(H,26,32)(H,27,31)/t14-,15?,16-,17?,18-/m0/s1. The van der Waals surface area contributed by atoms with Gasteiger partial charge < -0.3 is 21.3 Å². The van der Waals surface area contributed by atoms with Crippen LogP contribution in [0.1, 0.15) is 59.8 Å². The molecule has 1 heterocycles. The predicted octanol–water partition coefficient (Wildman–Crippen LogP) is 0.360. The van der Waals surface area contributed by atoms with Gasteiger partial charge in [0.25, 0.3) is 5.91 Å². The van der Waals surface area contributed by atoms with Gasteiger partial charge in [-0.05, 0) is 48.3 Å². The molecular weight excluding hydrogens is 424 g/mol. The van der Waals surface area contributed by atoms with Gasteiger partial charge in [0.05, 0.1) is 6.04 Å². The number of piperidine rings is 1. The Hall–Kier alpha value is -2.45. The summed E-state index contributed by atoms with van der Waals surface area (Å²) in [5, 5.41) is 5.65. The zero-order valence-corrected chi connectivity index (χ0v) is 19.9. The van der Waals surface area contributed by atoms with Crippen LogP contribution in [0.3, 0.4) is 0 Å². The van der Waals surface area contributed by atoms with E-state index in [4.69, 9.17) is 5.73 Å². The lowest BCUT2D eigenvalue weighted by Crippen LogP contribution is -2.59. The zero-order valence-electron chi connectivity index (χ0n) is 19.9. The molecule has 4 rings (SSSR count). The highest BCUT2D eigenvalue weighted by molar-refractivity contribution is 6.37. The average molecular weight is 461 g/mol. The van der Waals surface area contributed by atoms with Gasteiger partial charge in [0, 0.05) is 12.5 Å². The Morgan fingerprint density at radius 3 is 2.15 bits per heavy atom. The van der Waals surface area contributed by atoms with Gasteiger partial charge in [-0.15, -0.1) is 0 Å². The van der Waals surface area contributed by atoms with Gasteiger partial charge in [0.1, 0.15) is 12.1 Å². The van der Waals surface area contributed by atoms with Crippen molar-refractivity contribution in [3.8, 4) is 0 Å². The molecule has 4 aliphatic rings. The molecule has 1 aliphatic heterocycles. The van der Waals surface area contributed by atoms with Crippen molar-refractivity contribution in [2.75, 3.05) is 6.54 Å². The van der Waals surface area contributed by atoms with Crippen LogP contribution in [0, 0.1) is 35.0 Å². The maximum absolute atomic E-state index is 13.6. The van der Waals surface area contributed by atoms with Gasteiger partial charge in [-0.25, -0.2) is 0 Å². The molecule has 4 N–H and O–H groups in total. The molecule has 4 amide bonds. The van der Waals surface area contributed by atoms with Crippen LogP contribution >= 0.6 is 0 Å². The molecule has 4 fully saturated rings. The molecule has 0 aromatic heterocycles. The maximum Gasteiger partial charge on any atom is 0.287 e. The second kappa shape index (κ2) is 8.40. The summed E-state index contributed by atoms with van der Waals surface area (Å²) in [6, 6.07) is -2.40. The Balaban J connectivity index is 1.52. The van der Waals surface area contributed by atoms with Crippen LogP contribution in [0.2, 0.25) is 0 Å². The van der Waals surface area contributed by atoms with Crippen molar-refractivity contribution in [1.82, 2.24) is 15.5 Å². The van der Waals surface area contributed by atoms with Crippen molar-refractivity contribution in [3.63, 3.8) is 0 Å². The number of rotatable bonds is 10. The minimum Gasteiger partial charge on any atom is -0.363 e. The third-order valence-electron chi connectivity index (χ3n) is 8.08. The number of ketones is 1. The van der Waals surface area contributed by atoms with E-state index < -0.39 is 35.7 Å². The second-order valence-corrected chi connectivity index (χ2v) is 11.4. The topological polar surface area (TPSA) is 139 Å². The lowest BCUT2D eigenvalue weighted by atomic mass is 9.96. The molecule has 182 valence electrons. The first-order valence-corrected chi connectivity index (χ1v) is 12.2. The van der Waals surface area contributed by atoms with Crippen molar-refractivity contribution < 1.29 is 24.0 Å². The minimum absolute atomic E-state index is 0.0212. The van der Waals surface area contributed by atoms with Gasteiger partial charge in [0.2, 0.25) is 23.5 Å². The van der Waals surface area contributed by atoms with Crippen LogP contribution in [-0.2, 0) is 24.0 Å². The molecule has 3 saturated carbocycles. The number of primary amides is 1. The molecule has 0 spiro atoms. The minimum atomic E-state index is -1.06. The SMILES string of the molecule is CC(C)C(NC(=O)C1CC1)C(=O)N1C[C@H]2[C@@H]([C@H]1C(=O)NC(CC1CC1)C(=O)C(N)=O)C2(C)C. The first-order valence-electron chi connectivity index (χ1n) is 12.2. The van der Waals surface area contributed by atoms with E-state index in [0.29, 0.717) is 18.9 Å². The van der Waals surface area contributed by atoms with E-state index in [9.17, 15) is 24.0 Å². The Bertz CT molecular complexity index is 876. The molecule has 0 aromatic carbocycles. The number of hydrogen-bond donors (Lipinski definition) is 3. The van der Waals surface area contributed by atoms with Gasteiger partial charge in [-0.1, -0.05) is 40.5 Å². The summed E-state index contributed by atoms with van der Waals surface area (Å²) in [4.78, 5) is 64.9. The molecule has 9 nitrogen and oxygen atoms in total. The van der Waals surface area contributed by atoms with E-state index in [1.165, 1.54) is 0 Å². The van der Waals surface area contributed by atoms with Crippen molar-refractivity contribution in [2.24, 2.45) is 40.7 Å². The Morgan fingerprint density at radius 1 is 1.00 bits per heavy atom. The fourth-order valence-corrected chi connectivity index (χ4v) is 5.47. The molecule has 9 heteroatoms. The summed E-state index contributed by atoms with van der Waals surface area (Å²) in [7, 11) is 0. The number of nitrogens with two attached hydrogens (primary N) is 1. The van der Waals surface area contributed by atoms with Crippen LogP contribution in [0.25, 0.3) is 0 Å². The molecule has 1 saturated heterocycles. The lowest BCUT2D eigenvalue weighted by molar-refractivity contribution is -0.145. The van der Waals surface area contributed by atoms with Crippen LogP contribution in [0.15, 0.2) is 0 Å². The van der Waals surface area contributed by atoms with E-state index in [2.05, 4.69) is 24.5 Å². The summed E-state index contributed by atoms with van der Waals surface area (Å²) >= 11 is 0. The Labute approximate surface area is 194 Å². The number of nitrogens with zero attached hydrogens (tertiary/aromatic N) is 1. The summed E-state index contributed by atoms with van der Waals surface area (Å²) < 4.78 is 0. The molecule has 0 bridgehead atoms. The van der Waals surface area contributed by atoms with Gasteiger partial charge in [0.15, 0.2) is 0 Å². The number of carbonyl (C=O) groups excluding carboxylic acids is 5. The highest BCUT2D eigenvalue weighted by atomic mass is 16.2. The Morgan fingerprint density at radius 2 is 1.64 bits per heavy atom. The number of amides is 4. The second-order valence-electron chi connectivity index (χ2n) is 11.4. The highest BCUT2D eigenvalue weighted by Crippen LogP contribution is 2.65. The van der Waals surface area contributed by atoms with Gasteiger partial charge >= 0.3 is 0 Å². The van der Waals surface area contributed by atoms with Gasteiger partial charge in [-0.2, -0.15) is 0 Å². The summed E-state index contributed by atoms with van der Waals surface area (Å²) in [6.07, 6.45) is 3.99. The fourth-order valence-electron chi connectivity index (χ4n) is 5.47. The van der Waals surface area contributed by atoms with E-state index in [1.807, 2.05) is 13.8 Å². The van der Waals surface area contributed by atoms with E-state index >= 15 is 0 Å². The maximum atomic E-state index is 13.6. The van der Waals surface area contributed by atoms with Crippen LogP contribution < -0.4 is 16.4 Å². The average Bonchev–Trinajstić information content (AvgIpc) is 3.67. The molecule has 5 atom stereocenters. The number of hydrogen-bond acceptors (Lipinski definition) is 5. The van der Waals surface area contributed by atoms with E-state index in [0.717, 1.165) is 25.7 Å². The molecular formula is C24H36N4O5. The first-order chi connectivity index (χ1) is 15.4. The summed E-state index contributed by atoms with van der Waals surface area (Å²) in [6.45, 7) is 8.35. The molecule has 2 unspecified atom stereocenters. The largest absolute Gasteiger partial charge is 0.363 e. The summed E-state index contributed by atoms with van der Waals surface area (Å²) in [5.41, 5.74) is 5.13. The molecule has 0 aromatic rings. The van der Waals surface area contributed by atoms with Crippen molar-refractivity contribution in [2.45, 2.75) is 77.9 Å². The molecule has 0 radical (unpaired) electrons. The van der Waals surface area contributed by atoms with Crippen LogP contribution in [0.4, 0.5) is 0 Å². The number of fused-ring (bicyclic) bond motifs is 1. The summed E-state index contributed by atoms with van der Waals surface area (Å²) in [5.74, 6) is -2.35. The zero-order chi connectivity index (χ0) is 24.2. The quantitative estimate of drug-likeness (QED) is 0.404. The van der Waals surface area contributed by atoms with Gasteiger partial charge in [-0.3, -0.25) is 24.0 Å². The molecule has 33 heavy (non-hydrogen) atoms. The highest BCUT2D eigenvalue weighted by Gasteiger charge is 2.69. The first kappa shape index (κ1) is 23.7. The third kappa shape index (κ3) is 4.64. The monoisotopic (exact) mass is 460 g/mol. The lowest BCUT2D eigenvalue weighted by Gasteiger charge is -2.34. The number of Topliss-reactive ketones (excluding diaryl/α,β-unsaturated/α-hetero) is 1. The third-order valence-corrected chi connectivity index (χ3v) is 8.08. The molecule has 3 aliphatic carbocycles. The van der Waals surface area contributed by atoms with Crippen LogP contribution in [0.5, 0.6) is 0 Å². The number of nitrogens with one attached hydrogen (secondary N) is 2. The van der Waals surface area contributed by atoms with Crippen molar-refractivity contribution in [1.29, 1.82) is 0 Å². The van der Waals surface area contributed by atoms with Crippen LogP contribution in [-0.4, -0.2) is 59.0 Å². The number of carbonyl (C=O) groups is 5. The fraction of sp³-hybridized carbons (Fsp3) is 0.792. The number of likely N-dealkylation sites (tertiary alicyclic amines) is 1. The normalized spacial score (nSPS) is 29.1. The van der Waals surface area contributed by atoms with E-state index in [-0.39, 0.29) is 40.9 Å². The van der Waals surface area contributed by atoms with Crippen molar-refractivity contribution >= 4 is 29.4 Å². The predicted molar refractivity (Wildman–Crippen MR) is 119 cm³/mol. The Kier molecular flexibility index (Phi) is 6.03. The smallest absolute Gasteiger partial charge is 0.287 e. The van der Waals surface area contributed by atoms with E-state index in [1.54, 1.807) is 4.90 Å².